The van der Waals surface area contributed by atoms with Crippen molar-refractivity contribution in [3.63, 3.8) is 0 Å². The van der Waals surface area contributed by atoms with Gasteiger partial charge in [-0.25, -0.2) is 9.59 Å². The highest BCUT2D eigenvalue weighted by molar-refractivity contribution is 6.05. The zero-order chi connectivity index (χ0) is 19.7. The number of aromatic carboxylic acids is 2. The molecule has 26 heavy (non-hydrogen) atoms. The van der Waals surface area contributed by atoms with Crippen molar-refractivity contribution in [2.45, 2.75) is 79.1 Å². The SMILES string of the molecule is CCCCCCCCCCOc1c(C)c(C)c(C)c(C(=O)O)c1C(=O)O. The number of benzene rings is 1. The second kappa shape index (κ2) is 10.8. The summed E-state index contributed by atoms with van der Waals surface area (Å²) >= 11 is 0. The van der Waals surface area contributed by atoms with Crippen LogP contribution in [0.15, 0.2) is 0 Å². The number of carboxylic acid groups (broad SMARTS) is 2. The third-order valence-electron chi connectivity index (χ3n) is 4.99. The number of unbranched alkanes of at least 4 members (excludes halogenated alkanes) is 7. The second-order valence-corrected chi connectivity index (χ2v) is 6.89. The van der Waals surface area contributed by atoms with Crippen molar-refractivity contribution >= 4 is 11.9 Å². The van der Waals surface area contributed by atoms with Crippen molar-refractivity contribution in [3.8, 4) is 5.75 Å². The van der Waals surface area contributed by atoms with E-state index in [0.29, 0.717) is 17.7 Å². The third-order valence-corrected chi connectivity index (χ3v) is 4.99. The van der Waals surface area contributed by atoms with Crippen LogP contribution in [0, 0.1) is 20.8 Å². The topological polar surface area (TPSA) is 83.8 Å². The second-order valence-electron chi connectivity index (χ2n) is 6.89. The highest BCUT2D eigenvalue weighted by Gasteiger charge is 2.27. The zero-order valence-corrected chi connectivity index (χ0v) is 16.5. The van der Waals surface area contributed by atoms with Gasteiger partial charge in [0.15, 0.2) is 0 Å². The van der Waals surface area contributed by atoms with Crippen molar-refractivity contribution in [3.05, 3.63) is 27.8 Å². The third kappa shape index (κ3) is 5.75. The monoisotopic (exact) mass is 364 g/mol. The Morgan fingerprint density at radius 2 is 1.23 bits per heavy atom. The normalized spacial score (nSPS) is 10.8. The Morgan fingerprint density at radius 3 is 1.73 bits per heavy atom. The number of ether oxygens (including phenoxy) is 1. The Kier molecular flexibility index (Phi) is 9.17. The lowest BCUT2D eigenvalue weighted by molar-refractivity contribution is 0.0646. The molecule has 1 aromatic carbocycles. The van der Waals surface area contributed by atoms with Crippen molar-refractivity contribution in [1.29, 1.82) is 0 Å². The molecule has 0 spiro atoms. The van der Waals surface area contributed by atoms with Gasteiger partial charge < -0.3 is 14.9 Å². The standard InChI is InChI=1S/C21H32O5/c1-5-6-7-8-9-10-11-12-13-26-19-16(4)14(2)15(3)17(20(22)23)18(19)21(24)25/h5-13H2,1-4H3,(H,22,23)(H,24,25). The predicted octanol–water partition coefficient (Wildman–Crippen LogP) is 5.53. The molecule has 0 aromatic heterocycles. The largest absolute Gasteiger partial charge is 0.492 e. The van der Waals surface area contributed by atoms with E-state index in [1.807, 2.05) is 0 Å². The molecule has 0 aliphatic carbocycles. The van der Waals surface area contributed by atoms with E-state index in [-0.39, 0.29) is 16.9 Å². The van der Waals surface area contributed by atoms with Gasteiger partial charge in [0.25, 0.3) is 0 Å². The minimum Gasteiger partial charge on any atom is -0.492 e. The first kappa shape index (κ1) is 22.0. The van der Waals surface area contributed by atoms with Crippen LogP contribution in [-0.4, -0.2) is 28.8 Å². The lowest BCUT2D eigenvalue weighted by atomic mass is 9.92. The zero-order valence-electron chi connectivity index (χ0n) is 16.5. The van der Waals surface area contributed by atoms with Crippen LogP contribution in [0.5, 0.6) is 5.75 Å². The Hall–Kier alpha value is -2.04. The summed E-state index contributed by atoms with van der Waals surface area (Å²) in [6, 6.07) is 0. The van der Waals surface area contributed by atoms with Crippen molar-refractivity contribution in [1.82, 2.24) is 0 Å². The highest BCUT2D eigenvalue weighted by atomic mass is 16.5. The quantitative estimate of drug-likeness (QED) is 0.477. The maximum Gasteiger partial charge on any atom is 0.340 e. The average Bonchev–Trinajstić information content (AvgIpc) is 2.58. The number of rotatable bonds is 12. The van der Waals surface area contributed by atoms with Gasteiger partial charge in [0.2, 0.25) is 0 Å². The van der Waals surface area contributed by atoms with Gasteiger partial charge in [-0.05, 0) is 43.9 Å². The Balaban J connectivity index is 2.74. The van der Waals surface area contributed by atoms with Crippen molar-refractivity contribution < 1.29 is 24.5 Å². The molecule has 0 bridgehead atoms. The maximum atomic E-state index is 11.7. The average molecular weight is 364 g/mol. The molecule has 0 aliphatic rings. The van der Waals surface area contributed by atoms with Gasteiger partial charge in [0.1, 0.15) is 11.3 Å². The van der Waals surface area contributed by atoms with Gasteiger partial charge >= 0.3 is 11.9 Å². The van der Waals surface area contributed by atoms with E-state index in [1.165, 1.54) is 32.1 Å². The van der Waals surface area contributed by atoms with Gasteiger partial charge in [-0.15, -0.1) is 0 Å². The molecule has 0 aliphatic heterocycles. The molecular formula is C21H32O5. The summed E-state index contributed by atoms with van der Waals surface area (Å²) in [4.78, 5) is 23.2. The van der Waals surface area contributed by atoms with E-state index in [4.69, 9.17) is 4.74 Å². The molecule has 2 N–H and O–H groups in total. The smallest absolute Gasteiger partial charge is 0.340 e. The molecule has 0 amide bonds. The maximum absolute atomic E-state index is 11.7. The fraction of sp³-hybridized carbons (Fsp3) is 0.619. The number of hydrogen-bond donors (Lipinski definition) is 2. The first-order valence-electron chi connectivity index (χ1n) is 9.56. The Labute approximate surface area is 156 Å². The molecular weight excluding hydrogens is 332 g/mol. The molecule has 0 fully saturated rings. The van der Waals surface area contributed by atoms with Crippen LogP contribution >= 0.6 is 0 Å². The van der Waals surface area contributed by atoms with Crippen LogP contribution < -0.4 is 4.74 Å². The van der Waals surface area contributed by atoms with Gasteiger partial charge in [-0.1, -0.05) is 51.9 Å². The molecule has 5 heteroatoms. The van der Waals surface area contributed by atoms with E-state index in [9.17, 15) is 19.8 Å². The molecule has 0 saturated carbocycles. The molecule has 0 radical (unpaired) electrons. The number of carboxylic acids is 2. The van der Waals surface area contributed by atoms with E-state index >= 15 is 0 Å². The Morgan fingerprint density at radius 1 is 0.731 bits per heavy atom. The summed E-state index contributed by atoms with van der Waals surface area (Å²) in [7, 11) is 0. The first-order valence-corrected chi connectivity index (χ1v) is 9.56. The Bertz CT molecular complexity index is 634. The van der Waals surface area contributed by atoms with Crippen LogP contribution in [-0.2, 0) is 0 Å². The van der Waals surface area contributed by atoms with Crippen LogP contribution in [0.2, 0.25) is 0 Å². The summed E-state index contributed by atoms with van der Waals surface area (Å²) in [5.74, 6) is -2.31. The first-order chi connectivity index (χ1) is 12.3. The summed E-state index contributed by atoms with van der Waals surface area (Å²) in [5.41, 5.74) is 1.53. The molecule has 0 unspecified atom stereocenters. The van der Waals surface area contributed by atoms with Gasteiger partial charge in [0, 0.05) is 0 Å². The number of hydrogen-bond acceptors (Lipinski definition) is 3. The van der Waals surface area contributed by atoms with Crippen LogP contribution in [0.3, 0.4) is 0 Å². The molecule has 146 valence electrons. The highest BCUT2D eigenvalue weighted by Crippen LogP contribution is 2.33. The van der Waals surface area contributed by atoms with Crippen LogP contribution in [0.1, 0.15) is 95.7 Å². The molecule has 0 atom stereocenters. The molecule has 1 rings (SSSR count). The minimum absolute atomic E-state index is 0.175. The van der Waals surface area contributed by atoms with Gasteiger partial charge in [0.05, 0.1) is 12.2 Å². The van der Waals surface area contributed by atoms with Crippen molar-refractivity contribution in [2.75, 3.05) is 6.61 Å². The fourth-order valence-corrected chi connectivity index (χ4v) is 3.19. The van der Waals surface area contributed by atoms with E-state index in [2.05, 4.69) is 6.92 Å². The summed E-state index contributed by atoms with van der Waals surface area (Å²) in [6.45, 7) is 7.82. The van der Waals surface area contributed by atoms with E-state index < -0.39 is 11.9 Å². The predicted molar refractivity (Wildman–Crippen MR) is 103 cm³/mol. The fourth-order valence-electron chi connectivity index (χ4n) is 3.19. The van der Waals surface area contributed by atoms with Crippen LogP contribution in [0.25, 0.3) is 0 Å². The summed E-state index contributed by atoms with van der Waals surface area (Å²) in [5, 5.41) is 19.0. The number of carbonyl (C=O) groups is 2. The molecule has 5 nitrogen and oxygen atoms in total. The van der Waals surface area contributed by atoms with Gasteiger partial charge in [-0.2, -0.15) is 0 Å². The molecule has 0 heterocycles. The lowest BCUT2D eigenvalue weighted by Gasteiger charge is -2.19. The van der Waals surface area contributed by atoms with Crippen LogP contribution in [0.4, 0.5) is 0 Å². The minimum atomic E-state index is -1.26. The van der Waals surface area contributed by atoms with E-state index in [1.54, 1.807) is 20.8 Å². The lowest BCUT2D eigenvalue weighted by Crippen LogP contribution is -2.16. The summed E-state index contributed by atoms with van der Waals surface area (Å²) in [6.07, 6.45) is 9.31. The molecule has 0 saturated heterocycles. The summed E-state index contributed by atoms with van der Waals surface area (Å²) < 4.78 is 5.76. The molecule has 1 aromatic rings. The van der Waals surface area contributed by atoms with Gasteiger partial charge in [-0.3, -0.25) is 0 Å². The van der Waals surface area contributed by atoms with E-state index in [0.717, 1.165) is 24.8 Å². The van der Waals surface area contributed by atoms with Crippen molar-refractivity contribution in [2.24, 2.45) is 0 Å².